The molecule has 0 bridgehead atoms. The van der Waals surface area contributed by atoms with E-state index < -0.39 is 0 Å². The molecule has 6 heteroatoms. The average molecular weight is 360 g/mol. The Kier molecular flexibility index (Phi) is 6.14. The second kappa shape index (κ2) is 8.54. The summed E-state index contributed by atoms with van der Waals surface area (Å²) in [5, 5.41) is 9.18. The number of carbonyl (C=O) groups excluding carboxylic acids is 2. The van der Waals surface area contributed by atoms with Gasteiger partial charge in [-0.2, -0.15) is 0 Å². The predicted octanol–water partition coefficient (Wildman–Crippen LogP) is 1.68. The van der Waals surface area contributed by atoms with Gasteiger partial charge in [0.25, 0.3) is 0 Å². The van der Waals surface area contributed by atoms with Crippen LogP contribution in [0.4, 0.5) is 0 Å². The zero-order valence-corrected chi connectivity index (χ0v) is 15.2. The quantitative estimate of drug-likeness (QED) is 0.838. The van der Waals surface area contributed by atoms with Crippen LogP contribution in [0.25, 0.3) is 0 Å². The number of β-amino-alcohol motifs (C(OH)–C–C–N with tert-alkyl or cyclic N) is 1. The molecule has 2 heterocycles. The van der Waals surface area contributed by atoms with Crippen molar-refractivity contribution >= 4 is 11.8 Å². The van der Waals surface area contributed by atoms with E-state index in [4.69, 9.17) is 4.74 Å². The number of nitrogens with zero attached hydrogens (tertiary/aromatic N) is 2. The van der Waals surface area contributed by atoms with Gasteiger partial charge in [-0.3, -0.25) is 9.59 Å². The smallest absolute Gasteiger partial charge is 0.226 e. The lowest BCUT2D eigenvalue weighted by Gasteiger charge is -2.48. The van der Waals surface area contributed by atoms with Gasteiger partial charge in [-0.15, -0.1) is 0 Å². The van der Waals surface area contributed by atoms with Crippen LogP contribution in [0.3, 0.4) is 0 Å². The van der Waals surface area contributed by atoms with Crippen LogP contribution >= 0.6 is 0 Å². The molecular formula is C20H28N2O4. The number of likely N-dealkylation sites (tertiary alicyclic amines) is 2. The highest BCUT2D eigenvalue weighted by Gasteiger charge is 2.42. The largest absolute Gasteiger partial charge is 0.493 e. The minimum atomic E-state index is -0.0166. The number of hydrogen-bond donors (Lipinski definition) is 1. The minimum Gasteiger partial charge on any atom is -0.493 e. The van der Waals surface area contributed by atoms with Gasteiger partial charge in [0.15, 0.2) is 0 Å². The van der Waals surface area contributed by atoms with Crippen molar-refractivity contribution in [2.45, 2.75) is 32.1 Å². The van der Waals surface area contributed by atoms with E-state index in [2.05, 4.69) is 0 Å². The van der Waals surface area contributed by atoms with E-state index in [1.165, 1.54) is 0 Å². The van der Waals surface area contributed by atoms with Gasteiger partial charge in [-0.05, 0) is 31.4 Å². The molecule has 1 N–H and O–H groups in total. The predicted molar refractivity (Wildman–Crippen MR) is 97.7 cm³/mol. The Balaban J connectivity index is 1.52. The molecule has 0 unspecified atom stereocenters. The van der Waals surface area contributed by atoms with Crippen LogP contribution < -0.4 is 4.74 Å². The molecule has 0 saturated carbocycles. The maximum atomic E-state index is 12.6. The highest BCUT2D eigenvalue weighted by molar-refractivity contribution is 5.78. The standard InChI is InChI=1S/C20H28N2O4/c23-13-12-22-16-20(10-7-18(22)24)9-4-11-21(15-20)19(25)8-14-26-17-5-2-1-3-6-17/h1-3,5-6,23H,4,7-16H2/t20-/m0/s1. The van der Waals surface area contributed by atoms with Crippen molar-refractivity contribution < 1.29 is 19.4 Å². The highest BCUT2D eigenvalue weighted by Crippen LogP contribution is 2.38. The Bertz CT molecular complexity index is 621. The Morgan fingerprint density at radius 3 is 2.77 bits per heavy atom. The van der Waals surface area contributed by atoms with Crippen LogP contribution in [-0.4, -0.2) is 66.1 Å². The van der Waals surface area contributed by atoms with Crippen molar-refractivity contribution in [3.8, 4) is 5.75 Å². The summed E-state index contributed by atoms with van der Waals surface area (Å²) in [5.74, 6) is 1.01. The van der Waals surface area contributed by atoms with E-state index in [1.807, 2.05) is 35.2 Å². The summed E-state index contributed by atoms with van der Waals surface area (Å²) in [7, 11) is 0. The molecule has 2 amide bonds. The van der Waals surface area contributed by atoms with Gasteiger partial charge < -0.3 is 19.6 Å². The third-order valence-electron chi connectivity index (χ3n) is 5.46. The van der Waals surface area contributed by atoms with Gasteiger partial charge in [0.05, 0.1) is 19.6 Å². The Labute approximate surface area is 154 Å². The molecule has 3 rings (SSSR count). The molecule has 0 radical (unpaired) electrons. The lowest BCUT2D eigenvalue weighted by molar-refractivity contribution is -0.143. The lowest BCUT2D eigenvalue weighted by Crippen LogP contribution is -2.55. The van der Waals surface area contributed by atoms with Gasteiger partial charge in [-0.25, -0.2) is 0 Å². The Morgan fingerprint density at radius 2 is 2.00 bits per heavy atom. The Morgan fingerprint density at radius 1 is 1.19 bits per heavy atom. The number of ether oxygens (including phenoxy) is 1. The number of rotatable bonds is 6. The van der Waals surface area contributed by atoms with E-state index in [9.17, 15) is 14.7 Å². The fraction of sp³-hybridized carbons (Fsp3) is 0.600. The summed E-state index contributed by atoms with van der Waals surface area (Å²) in [4.78, 5) is 28.3. The summed E-state index contributed by atoms with van der Waals surface area (Å²) in [6.45, 7) is 2.88. The van der Waals surface area contributed by atoms with Crippen molar-refractivity contribution in [2.75, 3.05) is 39.4 Å². The van der Waals surface area contributed by atoms with Crippen LogP contribution in [0.5, 0.6) is 5.75 Å². The third-order valence-corrected chi connectivity index (χ3v) is 5.46. The van der Waals surface area contributed by atoms with Gasteiger partial charge in [-0.1, -0.05) is 18.2 Å². The van der Waals surface area contributed by atoms with Crippen LogP contribution in [0, 0.1) is 5.41 Å². The summed E-state index contributed by atoms with van der Waals surface area (Å²) in [5.41, 5.74) is -0.0166. The second-order valence-electron chi connectivity index (χ2n) is 7.37. The minimum absolute atomic E-state index is 0.0126. The maximum Gasteiger partial charge on any atom is 0.226 e. The second-order valence-corrected chi connectivity index (χ2v) is 7.37. The van der Waals surface area contributed by atoms with Gasteiger partial charge in [0.2, 0.25) is 11.8 Å². The SMILES string of the molecule is O=C1CC[C@]2(CCCN(C(=O)CCOc3ccccc3)C2)CN1CCO. The first-order valence-corrected chi connectivity index (χ1v) is 9.46. The molecule has 6 nitrogen and oxygen atoms in total. The number of piperidine rings is 2. The first-order valence-electron chi connectivity index (χ1n) is 9.46. The molecular weight excluding hydrogens is 332 g/mol. The molecule has 1 spiro atoms. The first kappa shape index (κ1) is 18.7. The fourth-order valence-electron chi connectivity index (χ4n) is 4.11. The van der Waals surface area contributed by atoms with Gasteiger partial charge in [0.1, 0.15) is 5.75 Å². The molecule has 26 heavy (non-hydrogen) atoms. The number of aliphatic hydroxyl groups excluding tert-OH is 1. The molecule has 142 valence electrons. The van der Waals surface area contributed by atoms with Crippen molar-refractivity contribution in [1.29, 1.82) is 0 Å². The molecule has 2 saturated heterocycles. The number of aliphatic hydroxyl groups is 1. The molecule has 1 aromatic carbocycles. The van der Waals surface area contributed by atoms with E-state index >= 15 is 0 Å². The van der Waals surface area contributed by atoms with Crippen LogP contribution in [0.1, 0.15) is 32.1 Å². The molecule has 0 aromatic heterocycles. The summed E-state index contributed by atoms with van der Waals surface area (Å²) in [6.07, 6.45) is 3.71. The normalized spacial score (nSPS) is 23.3. The maximum absolute atomic E-state index is 12.6. The number of hydrogen-bond acceptors (Lipinski definition) is 4. The van der Waals surface area contributed by atoms with E-state index in [1.54, 1.807) is 4.90 Å². The topological polar surface area (TPSA) is 70.1 Å². The molecule has 1 atom stereocenters. The average Bonchev–Trinajstić information content (AvgIpc) is 2.66. The van der Waals surface area contributed by atoms with E-state index in [-0.39, 0.29) is 23.8 Å². The van der Waals surface area contributed by atoms with Crippen LogP contribution in [-0.2, 0) is 9.59 Å². The molecule has 1 aromatic rings. The van der Waals surface area contributed by atoms with Crippen molar-refractivity contribution in [3.63, 3.8) is 0 Å². The molecule has 2 aliphatic heterocycles. The Hall–Kier alpha value is -2.08. The van der Waals surface area contributed by atoms with E-state index in [0.717, 1.165) is 31.6 Å². The number of carbonyl (C=O) groups is 2. The van der Waals surface area contributed by atoms with Crippen molar-refractivity contribution in [1.82, 2.24) is 9.80 Å². The summed E-state index contributed by atoms with van der Waals surface area (Å²) < 4.78 is 5.64. The van der Waals surface area contributed by atoms with Crippen LogP contribution in [0.2, 0.25) is 0 Å². The van der Waals surface area contributed by atoms with Crippen LogP contribution in [0.15, 0.2) is 30.3 Å². The van der Waals surface area contributed by atoms with Crippen molar-refractivity contribution in [2.24, 2.45) is 5.41 Å². The number of amides is 2. The lowest BCUT2D eigenvalue weighted by atomic mass is 9.73. The molecule has 2 aliphatic rings. The number of benzene rings is 1. The number of para-hydroxylation sites is 1. The van der Waals surface area contributed by atoms with Gasteiger partial charge in [0, 0.05) is 38.0 Å². The third kappa shape index (κ3) is 4.55. The summed E-state index contributed by atoms with van der Waals surface area (Å²) in [6, 6.07) is 9.52. The monoisotopic (exact) mass is 360 g/mol. The zero-order chi connectivity index (χ0) is 18.4. The van der Waals surface area contributed by atoms with Gasteiger partial charge >= 0.3 is 0 Å². The zero-order valence-electron chi connectivity index (χ0n) is 15.2. The molecule has 0 aliphatic carbocycles. The first-order chi connectivity index (χ1) is 12.6. The molecule has 2 fully saturated rings. The van der Waals surface area contributed by atoms with Crippen molar-refractivity contribution in [3.05, 3.63) is 30.3 Å². The fourth-order valence-corrected chi connectivity index (χ4v) is 4.11. The summed E-state index contributed by atoms with van der Waals surface area (Å²) >= 11 is 0. The highest BCUT2D eigenvalue weighted by atomic mass is 16.5. The van der Waals surface area contributed by atoms with E-state index in [0.29, 0.717) is 39.1 Å².